The minimum absolute atomic E-state index is 0. The monoisotopic (exact) mass is 473 g/mol. The van der Waals surface area contributed by atoms with Crippen LogP contribution in [0.3, 0.4) is 0 Å². The number of hydrogen-bond acceptors (Lipinski definition) is 3. The smallest absolute Gasteiger partial charge is 0.338 e. The van der Waals surface area contributed by atoms with Gasteiger partial charge in [-0.15, -0.1) is 12.4 Å². The Morgan fingerprint density at radius 2 is 1.87 bits per heavy atom. The first-order chi connectivity index (χ1) is 13.9. The number of rotatable bonds is 6. The Hall–Kier alpha value is -1.37. The Balaban J connectivity index is 0.00000256. The molecule has 1 aliphatic heterocycles. The van der Waals surface area contributed by atoms with Crippen LogP contribution in [0, 0.1) is 5.82 Å². The van der Waals surface area contributed by atoms with E-state index in [2.05, 4.69) is 4.90 Å². The van der Waals surface area contributed by atoms with Gasteiger partial charge in [0.2, 0.25) is 0 Å². The molecule has 4 rings (SSSR count). The minimum Gasteiger partial charge on any atom is -0.478 e. The molecule has 2 aliphatic rings. The second-order valence-electron chi connectivity index (χ2n) is 7.82. The highest BCUT2D eigenvalue weighted by Crippen LogP contribution is 2.42. The van der Waals surface area contributed by atoms with Crippen molar-refractivity contribution in [2.75, 3.05) is 19.7 Å². The van der Waals surface area contributed by atoms with Crippen LogP contribution in [0.2, 0.25) is 10.0 Å². The fourth-order valence-corrected chi connectivity index (χ4v) is 4.56. The Morgan fingerprint density at radius 3 is 2.50 bits per heavy atom. The number of benzene rings is 2. The number of carboxylic acid groups (broad SMARTS) is 1. The van der Waals surface area contributed by atoms with Crippen LogP contribution in [0.1, 0.15) is 45.8 Å². The maximum atomic E-state index is 14.3. The van der Waals surface area contributed by atoms with Gasteiger partial charge >= 0.3 is 5.97 Å². The lowest BCUT2D eigenvalue weighted by atomic mass is 9.98. The van der Waals surface area contributed by atoms with E-state index in [1.807, 2.05) is 12.1 Å². The molecule has 0 spiro atoms. The van der Waals surface area contributed by atoms with Gasteiger partial charge in [-0.2, -0.15) is 0 Å². The van der Waals surface area contributed by atoms with E-state index >= 15 is 0 Å². The van der Waals surface area contributed by atoms with E-state index in [-0.39, 0.29) is 24.1 Å². The first-order valence-electron chi connectivity index (χ1n) is 9.73. The normalized spacial score (nSPS) is 19.4. The van der Waals surface area contributed by atoms with E-state index in [1.165, 1.54) is 12.1 Å². The highest BCUT2D eigenvalue weighted by molar-refractivity contribution is 6.34. The molecule has 30 heavy (non-hydrogen) atoms. The van der Waals surface area contributed by atoms with Crippen molar-refractivity contribution < 1.29 is 19.0 Å². The van der Waals surface area contributed by atoms with Crippen LogP contribution >= 0.6 is 35.6 Å². The molecule has 0 amide bonds. The van der Waals surface area contributed by atoms with Gasteiger partial charge in [-0.25, -0.2) is 9.18 Å². The molecule has 2 aromatic carbocycles. The zero-order valence-electron chi connectivity index (χ0n) is 16.2. The number of carboxylic acids is 1. The average Bonchev–Trinajstić information content (AvgIpc) is 3.46. The van der Waals surface area contributed by atoms with Crippen LogP contribution in [0.25, 0.3) is 0 Å². The summed E-state index contributed by atoms with van der Waals surface area (Å²) in [4.78, 5) is 13.5. The van der Waals surface area contributed by atoms with Crippen molar-refractivity contribution in [3.05, 3.63) is 68.4 Å². The van der Waals surface area contributed by atoms with Crippen LogP contribution in [0.5, 0.6) is 0 Å². The Kier molecular flexibility index (Phi) is 7.64. The molecular formula is C22H23Cl3FNO3. The van der Waals surface area contributed by atoms with Crippen molar-refractivity contribution in [1.82, 2.24) is 4.90 Å². The largest absolute Gasteiger partial charge is 0.478 e. The zero-order valence-corrected chi connectivity index (χ0v) is 18.6. The molecule has 1 saturated heterocycles. The second kappa shape index (κ2) is 9.84. The van der Waals surface area contributed by atoms with E-state index in [9.17, 15) is 14.3 Å². The number of halogens is 4. The van der Waals surface area contributed by atoms with Crippen LogP contribution in [0.4, 0.5) is 4.39 Å². The Bertz CT molecular complexity index is 916. The highest BCUT2D eigenvalue weighted by atomic mass is 35.5. The van der Waals surface area contributed by atoms with Crippen molar-refractivity contribution in [2.45, 2.75) is 37.8 Å². The van der Waals surface area contributed by atoms with Crippen LogP contribution in [-0.4, -0.2) is 41.8 Å². The number of ether oxygens (including phenoxy) is 1. The molecule has 162 valence electrons. The molecule has 0 aromatic heterocycles. The number of aromatic carboxylic acids is 1. The minimum atomic E-state index is -1.22. The Labute approximate surface area is 191 Å². The lowest BCUT2D eigenvalue weighted by Crippen LogP contribution is -2.43. The number of morpholine rings is 1. The molecule has 1 saturated carbocycles. The molecule has 0 bridgehead atoms. The van der Waals surface area contributed by atoms with Gasteiger partial charge in [-0.05, 0) is 72.2 Å². The fraction of sp³-hybridized carbons (Fsp3) is 0.409. The molecule has 0 radical (unpaired) electrons. The predicted molar refractivity (Wildman–Crippen MR) is 118 cm³/mol. The predicted octanol–water partition coefficient (Wildman–Crippen LogP) is 5.57. The standard InChI is InChI=1S/C22H22Cl2FNO3.ClH/c23-16-5-13(6-17(24)9-16)7-18-12-26(3-4-29-18)11-15-8-21(25)20(22(27)28)10-19(15)14-1-2-14;/h5-6,8-10,14,18H,1-4,7,11-12H2,(H,27,28);1H. The van der Waals surface area contributed by atoms with Crippen molar-refractivity contribution in [1.29, 1.82) is 0 Å². The molecule has 4 nitrogen and oxygen atoms in total. The van der Waals surface area contributed by atoms with Crippen molar-refractivity contribution in [3.63, 3.8) is 0 Å². The summed E-state index contributed by atoms with van der Waals surface area (Å²) in [7, 11) is 0. The van der Waals surface area contributed by atoms with E-state index in [4.69, 9.17) is 27.9 Å². The van der Waals surface area contributed by atoms with Gasteiger partial charge in [0.1, 0.15) is 5.82 Å². The van der Waals surface area contributed by atoms with Gasteiger partial charge in [0.15, 0.2) is 0 Å². The summed E-state index contributed by atoms with van der Waals surface area (Å²) in [6.45, 7) is 2.63. The van der Waals surface area contributed by atoms with E-state index in [0.29, 0.717) is 42.1 Å². The fourth-order valence-electron chi connectivity index (χ4n) is 3.99. The van der Waals surface area contributed by atoms with E-state index in [1.54, 1.807) is 6.07 Å². The quantitative estimate of drug-likeness (QED) is 0.594. The van der Waals surface area contributed by atoms with E-state index in [0.717, 1.165) is 36.1 Å². The lowest BCUT2D eigenvalue weighted by Gasteiger charge is -2.33. The molecule has 1 unspecified atom stereocenters. The molecule has 2 fully saturated rings. The summed E-state index contributed by atoms with van der Waals surface area (Å²) in [5, 5.41) is 10.4. The summed E-state index contributed by atoms with van der Waals surface area (Å²) < 4.78 is 20.2. The van der Waals surface area contributed by atoms with Crippen molar-refractivity contribution in [3.8, 4) is 0 Å². The number of hydrogen-bond donors (Lipinski definition) is 1. The summed E-state index contributed by atoms with van der Waals surface area (Å²) in [6, 6.07) is 8.41. The number of nitrogens with zero attached hydrogens (tertiary/aromatic N) is 1. The molecule has 1 aliphatic carbocycles. The first kappa shape index (κ1) is 23.3. The van der Waals surface area contributed by atoms with E-state index < -0.39 is 11.8 Å². The molecule has 8 heteroatoms. The maximum absolute atomic E-state index is 14.3. The Morgan fingerprint density at radius 1 is 1.17 bits per heavy atom. The average molecular weight is 475 g/mol. The summed E-state index contributed by atoms with van der Waals surface area (Å²) >= 11 is 12.2. The summed E-state index contributed by atoms with van der Waals surface area (Å²) in [6.07, 6.45) is 2.74. The van der Waals surface area contributed by atoms with Gasteiger partial charge in [0.25, 0.3) is 0 Å². The SMILES string of the molecule is Cl.O=C(O)c1cc(C2CC2)c(CN2CCOC(Cc3cc(Cl)cc(Cl)c3)C2)cc1F. The van der Waals surface area contributed by atoms with Gasteiger partial charge < -0.3 is 9.84 Å². The zero-order chi connectivity index (χ0) is 20.5. The topological polar surface area (TPSA) is 49.8 Å². The van der Waals surface area contributed by atoms with Gasteiger partial charge in [-0.3, -0.25) is 4.90 Å². The third-order valence-electron chi connectivity index (χ3n) is 5.48. The second-order valence-corrected chi connectivity index (χ2v) is 8.69. The van der Waals surface area contributed by atoms with Gasteiger partial charge in [0, 0.05) is 29.7 Å². The van der Waals surface area contributed by atoms with Crippen LogP contribution in [-0.2, 0) is 17.7 Å². The third kappa shape index (κ3) is 5.65. The van der Waals surface area contributed by atoms with Crippen molar-refractivity contribution >= 4 is 41.6 Å². The molecule has 1 N–H and O–H groups in total. The van der Waals surface area contributed by atoms with Crippen molar-refractivity contribution in [2.24, 2.45) is 0 Å². The maximum Gasteiger partial charge on any atom is 0.338 e. The third-order valence-corrected chi connectivity index (χ3v) is 5.92. The van der Waals surface area contributed by atoms with Crippen LogP contribution < -0.4 is 0 Å². The molecule has 1 atom stereocenters. The molecular weight excluding hydrogens is 452 g/mol. The van der Waals surface area contributed by atoms with Crippen LogP contribution in [0.15, 0.2) is 30.3 Å². The highest BCUT2D eigenvalue weighted by Gasteiger charge is 2.30. The summed E-state index contributed by atoms with van der Waals surface area (Å²) in [5.74, 6) is -1.55. The molecule has 1 heterocycles. The lowest BCUT2D eigenvalue weighted by molar-refractivity contribution is -0.0305. The first-order valence-corrected chi connectivity index (χ1v) is 10.5. The van der Waals surface area contributed by atoms with Gasteiger partial charge in [0.05, 0.1) is 18.3 Å². The number of carbonyl (C=O) groups is 1. The summed E-state index contributed by atoms with van der Waals surface area (Å²) in [5.41, 5.74) is 2.62. The molecule has 2 aromatic rings. The van der Waals surface area contributed by atoms with Gasteiger partial charge in [-0.1, -0.05) is 23.2 Å².